The number of sulfonamides is 1. The molecule has 2 aliphatic rings. The molecule has 0 atom stereocenters. The van der Waals surface area contributed by atoms with Gasteiger partial charge in [0.25, 0.3) is 0 Å². The lowest BCUT2D eigenvalue weighted by atomic mass is 9.78. The zero-order valence-electron chi connectivity index (χ0n) is 14.8. The Kier molecular flexibility index (Phi) is 4.23. The summed E-state index contributed by atoms with van der Waals surface area (Å²) in [6.45, 7) is 9.04. The van der Waals surface area contributed by atoms with Crippen molar-refractivity contribution < 1.29 is 22.5 Å². The first-order chi connectivity index (χ1) is 11.1. The fraction of sp³-hybridized carbons (Fsp3) is 0.625. The van der Waals surface area contributed by atoms with E-state index in [4.69, 9.17) is 14.0 Å². The fourth-order valence-electron chi connectivity index (χ4n) is 2.69. The zero-order chi connectivity index (χ0) is 17.8. The molecule has 2 heterocycles. The van der Waals surface area contributed by atoms with Crippen LogP contribution in [0, 0.1) is 0 Å². The van der Waals surface area contributed by atoms with E-state index in [-0.39, 0.29) is 4.90 Å². The van der Waals surface area contributed by atoms with Crippen LogP contribution in [-0.2, 0) is 19.3 Å². The van der Waals surface area contributed by atoms with Crippen LogP contribution in [0.2, 0.25) is 0 Å². The van der Waals surface area contributed by atoms with E-state index in [1.807, 2.05) is 27.7 Å². The van der Waals surface area contributed by atoms with Gasteiger partial charge in [-0.15, -0.1) is 0 Å². The lowest BCUT2D eigenvalue weighted by Gasteiger charge is -2.32. The Morgan fingerprint density at radius 1 is 1.12 bits per heavy atom. The Morgan fingerprint density at radius 3 is 2.17 bits per heavy atom. The molecule has 2 fully saturated rings. The number of ether oxygens (including phenoxy) is 1. The first-order valence-corrected chi connectivity index (χ1v) is 9.56. The molecule has 24 heavy (non-hydrogen) atoms. The van der Waals surface area contributed by atoms with E-state index in [1.165, 1.54) is 11.4 Å². The number of rotatable bonds is 4. The maximum atomic E-state index is 12.5. The van der Waals surface area contributed by atoms with Gasteiger partial charge in [0.15, 0.2) is 0 Å². The average Bonchev–Trinajstić information content (AvgIpc) is 2.64. The van der Waals surface area contributed by atoms with Crippen molar-refractivity contribution in [1.29, 1.82) is 0 Å². The first-order valence-electron chi connectivity index (χ1n) is 8.12. The van der Waals surface area contributed by atoms with Crippen molar-refractivity contribution >= 4 is 22.6 Å². The monoisotopic (exact) mass is 353 g/mol. The van der Waals surface area contributed by atoms with Gasteiger partial charge in [0.2, 0.25) is 10.0 Å². The van der Waals surface area contributed by atoms with Crippen molar-refractivity contribution in [2.24, 2.45) is 0 Å². The van der Waals surface area contributed by atoms with Gasteiger partial charge in [0.05, 0.1) is 23.2 Å². The first kappa shape index (κ1) is 17.7. The second kappa shape index (κ2) is 5.73. The third-order valence-corrected chi connectivity index (χ3v) is 7.06. The lowest BCUT2D eigenvalue weighted by molar-refractivity contribution is 0.00578. The van der Waals surface area contributed by atoms with E-state index >= 15 is 0 Å². The molecule has 132 valence electrons. The van der Waals surface area contributed by atoms with Crippen LogP contribution in [0.4, 0.5) is 0 Å². The molecule has 0 spiro atoms. The fourth-order valence-corrected chi connectivity index (χ4v) is 4.23. The van der Waals surface area contributed by atoms with Crippen molar-refractivity contribution in [2.45, 2.75) is 50.2 Å². The van der Waals surface area contributed by atoms with Gasteiger partial charge in [-0.25, -0.2) is 8.42 Å². The van der Waals surface area contributed by atoms with E-state index in [1.54, 1.807) is 18.2 Å². The van der Waals surface area contributed by atoms with Crippen molar-refractivity contribution in [2.75, 3.05) is 20.2 Å². The minimum absolute atomic E-state index is 0.235. The van der Waals surface area contributed by atoms with Crippen molar-refractivity contribution in [3.63, 3.8) is 0 Å². The SMILES string of the molecule is COc1cc(S(=O)(=O)N2CCC2)ccc1B1OC(C)(C)C(C)(C)O1. The van der Waals surface area contributed by atoms with Crippen LogP contribution in [0.15, 0.2) is 23.1 Å². The molecule has 8 heteroatoms. The van der Waals surface area contributed by atoms with Gasteiger partial charge in [-0.3, -0.25) is 0 Å². The molecule has 0 amide bonds. The van der Waals surface area contributed by atoms with Gasteiger partial charge in [-0.05, 0) is 46.2 Å². The van der Waals surface area contributed by atoms with Crippen LogP contribution in [-0.4, -0.2) is 51.2 Å². The number of benzene rings is 1. The van der Waals surface area contributed by atoms with Gasteiger partial charge < -0.3 is 14.0 Å². The molecule has 0 saturated carbocycles. The molecular formula is C16H24BNO5S. The van der Waals surface area contributed by atoms with E-state index in [0.29, 0.717) is 24.3 Å². The summed E-state index contributed by atoms with van der Waals surface area (Å²) >= 11 is 0. The molecule has 2 aliphatic heterocycles. The number of hydrogen-bond acceptors (Lipinski definition) is 5. The smallest absolute Gasteiger partial charge is 0.497 e. The Balaban J connectivity index is 1.94. The third-order valence-electron chi connectivity index (χ3n) is 5.16. The molecule has 0 radical (unpaired) electrons. The van der Waals surface area contributed by atoms with Gasteiger partial charge in [0, 0.05) is 18.6 Å². The van der Waals surface area contributed by atoms with E-state index in [0.717, 1.165) is 6.42 Å². The van der Waals surface area contributed by atoms with E-state index < -0.39 is 28.3 Å². The van der Waals surface area contributed by atoms with E-state index in [2.05, 4.69) is 0 Å². The van der Waals surface area contributed by atoms with Gasteiger partial charge in [0.1, 0.15) is 5.75 Å². The number of hydrogen-bond donors (Lipinski definition) is 0. The van der Waals surface area contributed by atoms with Crippen LogP contribution in [0.5, 0.6) is 5.75 Å². The van der Waals surface area contributed by atoms with Crippen LogP contribution in [0.1, 0.15) is 34.1 Å². The molecule has 1 aromatic carbocycles. The van der Waals surface area contributed by atoms with Crippen LogP contribution >= 0.6 is 0 Å². The Bertz CT molecular complexity index is 727. The normalized spacial score (nSPS) is 23.1. The topological polar surface area (TPSA) is 65.1 Å². The standard InChI is InChI=1S/C16H24BNO5S/c1-15(2)16(3,4)23-17(22-15)13-8-7-12(11-14(13)21-5)24(19,20)18-9-6-10-18/h7-8,11H,6,9-10H2,1-5H3. The van der Waals surface area contributed by atoms with Crippen molar-refractivity contribution in [1.82, 2.24) is 4.31 Å². The second-order valence-corrected chi connectivity index (χ2v) is 9.19. The summed E-state index contributed by atoms with van der Waals surface area (Å²) in [6, 6.07) is 4.86. The molecule has 0 N–H and O–H groups in total. The van der Waals surface area contributed by atoms with Crippen molar-refractivity contribution in [3.8, 4) is 5.75 Å². The molecule has 3 rings (SSSR count). The molecule has 6 nitrogen and oxygen atoms in total. The highest BCUT2D eigenvalue weighted by Crippen LogP contribution is 2.37. The molecule has 2 saturated heterocycles. The zero-order valence-corrected chi connectivity index (χ0v) is 15.6. The maximum absolute atomic E-state index is 12.5. The summed E-state index contributed by atoms with van der Waals surface area (Å²) in [6.07, 6.45) is 0.905. The predicted molar refractivity (Wildman–Crippen MR) is 92.1 cm³/mol. The maximum Gasteiger partial charge on any atom is 0.498 e. The minimum Gasteiger partial charge on any atom is -0.497 e. The number of methoxy groups -OCH3 is 1. The molecular weight excluding hydrogens is 329 g/mol. The largest absolute Gasteiger partial charge is 0.498 e. The summed E-state index contributed by atoms with van der Waals surface area (Å²) in [5.41, 5.74) is -0.241. The Labute approximate surface area is 144 Å². The second-order valence-electron chi connectivity index (χ2n) is 7.25. The Morgan fingerprint density at radius 2 is 1.71 bits per heavy atom. The third kappa shape index (κ3) is 2.75. The molecule has 1 aromatic rings. The lowest BCUT2D eigenvalue weighted by Crippen LogP contribution is -2.42. The summed E-state index contributed by atoms with van der Waals surface area (Å²) in [4.78, 5) is 0.235. The summed E-state index contributed by atoms with van der Waals surface area (Å²) in [7, 11) is -2.52. The van der Waals surface area contributed by atoms with Crippen LogP contribution in [0.25, 0.3) is 0 Å². The van der Waals surface area contributed by atoms with Crippen LogP contribution in [0.3, 0.4) is 0 Å². The van der Waals surface area contributed by atoms with Gasteiger partial charge in [-0.2, -0.15) is 4.31 Å². The molecule has 0 aliphatic carbocycles. The van der Waals surface area contributed by atoms with Crippen LogP contribution < -0.4 is 10.2 Å². The quantitative estimate of drug-likeness (QED) is 0.766. The highest BCUT2D eigenvalue weighted by Gasteiger charge is 2.52. The summed E-state index contributed by atoms with van der Waals surface area (Å²) in [5, 5.41) is 0. The van der Waals surface area contributed by atoms with E-state index in [9.17, 15) is 8.42 Å². The molecule has 0 unspecified atom stereocenters. The summed E-state index contributed by atoms with van der Waals surface area (Å²) < 4.78 is 44.0. The summed E-state index contributed by atoms with van der Waals surface area (Å²) in [5.74, 6) is 0.454. The Hall–Kier alpha value is -1.09. The van der Waals surface area contributed by atoms with Gasteiger partial charge in [-0.1, -0.05) is 6.07 Å². The molecule has 0 aromatic heterocycles. The van der Waals surface area contributed by atoms with Gasteiger partial charge >= 0.3 is 7.12 Å². The average molecular weight is 353 g/mol. The van der Waals surface area contributed by atoms with Crippen molar-refractivity contribution in [3.05, 3.63) is 18.2 Å². The highest BCUT2D eigenvalue weighted by atomic mass is 32.2. The molecule has 0 bridgehead atoms. The minimum atomic E-state index is -3.45. The highest BCUT2D eigenvalue weighted by molar-refractivity contribution is 7.89. The number of nitrogens with zero attached hydrogens (tertiary/aromatic N) is 1. The predicted octanol–water partition coefficient (Wildman–Crippen LogP) is 1.39.